The molecule has 0 aromatic rings. The summed E-state index contributed by atoms with van der Waals surface area (Å²) >= 11 is 5.98. The molecule has 0 rings (SSSR count). The van der Waals surface area contributed by atoms with E-state index in [2.05, 4.69) is 10.1 Å². The smallest absolute Gasteiger partial charge is 0.362 e. The fraction of sp³-hybridized carbons (Fsp3) is 0.909. The number of ether oxygens (including phenoxy) is 1. The van der Waals surface area contributed by atoms with Crippen LogP contribution in [0, 0.1) is 5.41 Å². The number of carbonyl (C=O) groups is 1. The molecule has 1 unspecified atom stereocenters. The minimum atomic E-state index is -4.42. The lowest BCUT2D eigenvalue weighted by Gasteiger charge is -2.22. The predicted molar refractivity (Wildman–Crippen MR) is 63.6 cm³/mol. The van der Waals surface area contributed by atoms with Gasteiger partial charge in [-0.1, -0.05) is 20.8 Å². The maximum atomic E-state index is 11.7. The third-order valence-corrected chi connectivity index (χ3v) is 2.16. The zero-order valence-corrected chi connectivity index (χ0v) is 11.5. The standard InChI is InChI=1S/C11H19ClF3NO2/c1-10(2,3)4-8(12)5-16-9(17)6-18-7-11(13,14)15/h8H,4-7H2,1-3H3,(H,16,17). The Kier molecular flexibility index (Phi) is 6.99. The molecule has 18 heavy (non-hydrogen) atoms. The van der Waals surface area contributed by atoms with E-state index in [1.54, 1.807) is 0 Å². The predicted octanol–water partition coefficient (Wildman–Crippen LogP) is 2.73. The van der Waals surface area contributed by atoms with Gasteiger partial charge in [-0.05, 0) is 11.8 Å². The van der Waals surface area contributed by atoms with Crippen molar-refractivity contribution in [3.63, 3.8) is 0 Å². The molecule has 0 saturated heterocycles. The third kappa shape index (κ3) is 12.0. The molecule has 0 fully saturated rings. The molecular formula is C11H19ClF3NO2. The van der Waals surface area contributed by atoms with Crippen LogP contribution in [0.3, 0.4) is 0 Å². The largest absolute Gasteiger partial charge is 0.411 e. The number of rotatable bonds is 6. The number of hydrogen-bond acceptors (Lipinski definition) is 2. The molecule has 0 aliphatic carbocycles. The summed E-state index contributed by atoms with van der Waals surface area (Å²) in [4.78, 5) is 11.1. The van der Waals surface area contributed by atoms with E-state index in [1.807, 2.05) is 20.8 Å². The summed E-state index contributed by atoms with van der Waals surface area (Å²) in [7, 11) is 0. The Hall–Kier alpha value is -0.490. The Bertz CT molecular complexity index is 264. The molecule has 3 nitrogen and oxygen atoms in total. The number of nitrogens with one attached hydrogen (secondary N) is 1. The van der Waals surface area contributed by atoms with E-state index >= 15 is 0 Å². The van der Waals surface area contributed by atoms with Crippen LogP contribution >= 0.6 is 11.6 Å². The Labute approximate surface area is 110 Å². The molecule has 0 heterocycles. The Balaban J connectivity index is 3.71. The molecule has 108 valence electrons. The lowest BCUT2D eigenvalue weighted by molar-refractivity contribution is -0.175. The molecular weight excluding hydrogens is 271 g/mol. The van der Waals surface area contributed by atoms with Crippen molar-refractivity contribution in [3.05, 3.63) is 0 Å². The van der Waals surface area contributed by atoms with Crippen molar-refractivity contribution in [1.82, 2.24) is 5.32 Å². The maximum Gasteiger partial charge on any atom is 0.411 e. The third-order valence-electron chi connectivity index (χ3n) is 1.85. The minimum Gasteiger partial charge on any atom is -0.362 e. The fourth-order valence-corrected chi connectivity index (χ4v) is 1.81. The summed E-state index contributed by atoms with van der Waals surface area (Å²) in [6.45, 7) is 4.21. The van der Waals surface area contributed by atoms with Crippen LogP contribution in [0.5, 0.6) is 0 Å². The molecule has 1 amide bonds. The van der Waals surface area contributed by atoms with Gasteiger partial charge in [0, 0.05) is 6.54 Å². The summed E-state index contributed by atoms with van der Waals surface area (Å²) in [6, 6.07) is 0. The van der Waals surface area contributed by atoms with E-state index < -0.39 is 25.3 Å². The van der Waals surface area contributed by atoms with Gasteiger partial charge in [0.2, 0.25) is 5.91 Å². The van der Waals surface area contributed by atoms with E-state index in [0.29, 0.717) is 6.42 Å². The summed E-state index contributed by atoms with van der Waals surface area (Å²) in [6.07, 6.45) is -3.72. The molecule has 0 bridgehead atoms. The second-order valence-corrected chi connectivity index (χ2v) is 5.89. The van der Waals surface area contributed by atoms with Crippen LogP contribution in [0.4, 0.5) is 13.2 Å². The van der Waals surface area contributed by atoms with Gasteiger partial charge < -0.3 is 10.1 Å². The van der Waals surface area contributed by atoms with E-state index in [-0.39, 0.29) is 17.3 Å². The monoisotopic (exact) mass is 289 g/mol. The van der Waals surface area contributed by atoms with Gasteiger partial charge in [-0.3, -0.25) is 4.79 Å². The van der Waals surface area contributed by atoms with Gasteiger partial charge >= 0.3 is 6.18 Å². The normalized spacial score (nSPS) is 14.4. The molecule has 7 heteroatoms. The van der Waals surface area contributed by atoms with Crippen LogP contribution in [0.1, 0.15) is 27.2 Å². The van der Waals surface area contributed by atoms with E-state index in [9.17, 15) is 18.0 Å². The number of amides is 1. The first-order valence-electron chi connectivity index (χ1n) is 5.55. The summed E-state index contributed by atoms with van der Waals surface area (Å²) in [5.74, 6) is -0.598. The Morgan fingerprint density at radius 2 is 1.89 bits per heavy atom. The summed E-state index contributed by atoms with van der Waals surface area (Å²) < 4.78 is 39.4. The van der Waals surface area contributed by atoms with Crippen molar-refractivity contribution in [3.8, 4) is 0 Å². The van der Waals surface area contributed by atoms with E-state index in [1.165, 1.54) is 0 Å². The van der Waals surface area contributed by atoms with Crippen LogP contribution in [0.2, 0.25) is 0 Å². The minimum absolute atomic E-state index is 0.0317. The van der Waals surface area contributed by atoms with Crippen LogP contribution < -0.4 is 5.32 Å². The van der Waals surface area contributed by atoms with Gasteiger partial charge in [0.1, 0.15) is 13.2 Å². The molecule has 0 aromatic heterocycles. The van der Waals surface area contributed by atoms with Gasteiger partial charge in [-0.25, -0.2) is 0 Å². The molecule has 0 aliphatic heterocycles. The molecule has 0 aliphatic rings. The number of alkyl halides is 4. The van der Waals surface area contributed by atoms with Crippen molar-refractivity contribution in [2.24, 2.45) is 5.41 Å². The van der Waals surface area contributed by atoms with Crippen molar-refractivity contribution in [2.75, 3.05) is 19.8 Å². The quantitative estimate of drug-likeness (QED) is 0.764. The van der Waals surface area contributed by atoms with Crippen LogP contribution in [0.25, 0.3) is 0 Å². The molecule has 1 atom stereocenters. The van der Waals surface area contributed by atoms with Gasteiger partial charge in [-0.15, -0.1) is 11.6 Å². The second-order valence-electron chi connectivity index (χ2n) is 5.27. The highest BCUT2D eigenvalue weighted by Crippen LogP contribution is 2.23. The van der Waals surface area contributed by atoms with Gasteiger partial charge in [0.15, 0.2) is 0 Å². The van der Waals surface area contributed by atoms with Crippen molar-refractivity contribution >= 4 is 17.5 Å². The molecule has 0 spiro atoms. The number of halogens is 4. The van der Waals surface area contributed by atoms with Gasteiger partial charge in [-0.2, -0.15) is 13.2 Å². The van der Waals surface area contributed by atoms with Gasteiger partial charge in [0.25, 0.3) is 0 Å². The van der Waals surface area contributed by atoms with Crippen LogP contribution in [0.15, 0.2) is 0 Å². The highest BCUT2D eigenvalue weighted by atomic mass is 35.5. The highest BCUT2D eigenvalue weighted by molar-refractivity contribution is 6.20. The number of hydrogen-bond donors (Lipinski definition) is 1. The fourth-order valence-electron chi connectivity index (χ4n) is 1.27. The van der Waals surface area contributed by atoms with Crippen LogP contribution in [-0.2, 0) is 9.53 Å². The number of carbonyl (C=O) groups excluding carboxylic acids is 1. The summed E-state index contributed by atoms with van der Waals surface area (Å²) in [5, 5.41) is 2.17. The second kappa shape index (κ2) is 7.19. The molecule has 0 radical (unpaired) electrons. The van der Waals surface area contributed by atoms with Gasteiger partial charge in [0.05, 0.1) is 5.38 Å². The topological polar surface area (TPSA) is 38.3 Å². The van der Waals surface area contributed by atoms with Crippen molar-refractivity contribution in [1.29, 1.82) is 0 Å². The zero-order valence-electron chi connectivity index (χ0n) is 10.7. The molecule has 1 N–H and O–H groups in total. The Morgan fingerprint density at radius 1 is 1.33 bits per heavy atom. The first kappa shape index (κ1) is 17.5. The maximum absolute atomic E-state index is 11.7. The first-order valence-corrected chi connectivity index (χ1v) is 5.98. The summed E-state index contributed by atoms with van der Waals surface area (Å²) in [5.41, 5.74) is 0.0317. The highest BCUT2D eigenvalue weighted by Gasteiger charge is 2.27. The van der Waals surface area contributed by atoms with Crippen molar-refractivity contribution in [2.45, 2.75) is 38.7 Å². The lowest BCUT2D eigenvalue weighted by Crippen LogP contribution is -2.35. The van der Waals surface area contributed by atoms with E-state index in [4.69, 9.17) is 11.6 Å². The van der Waals surface area contributed by atoms with Crippen molar-refractivity contribution < 1.29 is 22.7 Å². The molecule has 0 aromatic carbocycles. The SMILES string of the molecule is CC(C)(C)CC(Cl)CNC(=O)COCC(F)(F)F. The Morgan fingerprint density at radius 3 is 2.33 bits per heavy atom. The van der Waals surface area contributed by atoms with E-state index in [0.717, 1.165) is 0 Å². The molecule has 0 saturated carbocycles. The zero-order chi connectivity index (χ0) is 14.4. The van der Waals surface area contributed by atoms with Crippen LogP contribution in [-0.4, -0.2) is 37.2 Å². The average Bonchev–Trinajstić information content (AvgIpc) is 2.09. The first-order chi connectivity index (χ1) is 7.99. The average molecular weight is 290 g/mol. The lowest BCUT2D eigenvalue weighted by atomic mass is 9.90.